The number of hydrogen-bond acceptors (Lipinski definition) is 8. The summed E-state index contributed by atoms with van der Waals surface area (Å²) in [6.45, 7) is 3.69. The molecule has 0 amide bonds. The van der Waals surface area contributed by atoms with E-state index in [1.54, 1.807) is 11.3 Å². The standard InChI is InChI=1S/C23H29N7OS/c1-17-6-3-8-23-26-21(27-30(17)23)9-10-22-25-19(20-7-4-13-32-20)16-29(22)15-18(31)14-28(2)12-5-11-24/h3-4,6-8,13,16,18,23,31H,5,9-10,12,14-15H2,1-2H3,(H,26,27)/t18-,23?/m0/s1. The van der Waals surface area contributed by atoms with E-state index in [9.17, 15) is 5.11 Å². The molecule has 0 bridgehead atoms. The minimum absolute atomic E-state index is 0.0159. The average molecular weight is 452 g/mol. The zero-order chi connectivity index (χ0) is 22.5. The molecule has 2 atom stereocenters. The summed E-state index contributed by atoms with van der Waals surface area (Å²) >= 11 is 1.66. The summed E-state index contributed by atoms with van der Waals surface area (Å²) < 4.78 is 2.06. The van der Waals surface area contributed by atoms with Crippen molar-refractivity contribution in [2.75, 3.05) is 20.1 Å². The van der Waals surface area contributed by atoms with E-state index in [1.165, 1.54) is 0 Å². The van der Waals surface area contributed by atoms with E-state index in [2.05, 4.69) is 46.2 Å². The normalized spacial score (nSPS) is 18.2. The fourth-order valence-corrected chi connectivity index (χ4v) is 4.61. The lowest BCUT2D eigenvalue weighted by atomic mass is 10.2. The highest BCUT2D eigenvalue weighted by Gasteiger charge is 2.26. The summed E-state index contributed by atoms with van der Waals surface area (Å²) in [6.07, 6.45) is 9.60. The van der Waals surface area contributed by atoms with Gasteiger partial charge in [0.25, 0.3) is 0 Å². The second-order valence-electron chi connectivity index (χ2n) is 8.16. The molecule has 32 heavy (non-hydrogen) atoms. The third-order valence-corrected chi connectivity index (χ3v) is 6.45. The molecule has 2 aliphatic rings. The van der Waals surface area contributed by atoms with Crippen LogP contribution in [-0.4, -0.2) is 62.8 Å². The average Bonchev–Trinajstić information content (AvgIpc) is 3.50. The van der Waals surface area contributed by atoms with E-state index in [0.29, 0.717) is 26.1 Å². The zero-order valence-electron chi connectivity index (χ0n) is 18.5. The minimum Gasteiger partial charge on any atom is -0.390 e. The molecule has 0 aromatic carbocycles. The van der Waals surface area contributed by atoms with Crippen LogP contribution >= 0.6 is 11.3 Å². The summed E-state index contributed by atoms with van der Waals surface area (Å²) in [5.41, 5.74) is 5.47. The second kappa shape index (κ2) is 10.1. The number of fused-ring (bicyclic) bond motifs is 1. The van der Waals surface area contributed by atoms with Crippen molar-refractivity contribution in [2.45, 2.75) is 45.0 Å². The number of amidine groups is 1. The van der Waals surface area contributed by atoms with Gasteiger partial charge < -0.3 is 14.6 Å². The number of aliphatic imine (C=N–C) groups is 1. The number of thiophene rings is 1. The Morgan fingerprint density at radius 1 is 1.41 bits per heavy atom. The van der Waals surface area contributed by atoms with E-state index >= 15 is 0 Å². The molecule has 168 valence electrons. The van der Waals surface area contributed by atoms with Gasteiger partial charge >= 0.3 is 0 Å². The largest absolute Gasteiger partial charge is 0.390 e. The number of nitrogens with one attached hydrogen (secondary N) is 1. The van der Waals surface area contributed by atoms with Crippen molar-refractivity contribution in [1.82, 2.24) is 24.9 Å². The van der Waals surface area contributed by atoms with Crippen molar-refractivity contribution in [3.8, 4) is 16.6 Å². The van der Waals surface area contributed by atoms with Gasteiger partial charge in [-0.3, -0.25) is 10.4 Å². The topological polar surface area (TPSA) is 92.7 Å². The highest BCUT2D eigenvalue weighted by molar-refractivity contribution is 7.13. The molecule has 0 saturated heterocycles. The SMILES string of the molecule is CC1=CC=CC2N=C(CCc3nc(-c4cccs4)cn3C[C@@H](O)CN(C)CCC#N)NN12. The molecule has 0 saturated carbocycles. The number of aliphatic hydroxyl groups is 1. The summed E-state index contributed by atoms with van der Waals surface area (Å²) in [6, 6.07) is 6.24. The van der Waals surface area contributed by atoms with Crippen LogP contribution in [0.2, 0.25) is 0 Å². The van der Waals surface area contributed by atoms with E-state index in [0.717, 1.165) is 40.8 Å². The van der Waals surface area contributed by atoms with Crippen LogP contribution in [-0.2, 0) is 13.0 Å². The van der Waals surface area contributed by atoms with Gasteiger partial charge in [-0.25, -0.2) is 9.98 Å². The van der Waals surface area contributed by atoms with Gasteiger partial charge in [0.05, 0.1) is 29.3 Å². The molecule has 2 aliphatic heterocycles. The summed E-state index contributed by atoms with van der Waals surface area (Å²) in [7, 11) is 1.93. The molecule has 1 unspecified atom stereocenters. The van der Waals surface area contributed by atoms with E-state index in [-0.39, 0.29) is 6.17 Å². The maximum absolute atomic E-state index is 10.7. The number of likely N-dealkylation sites (N-methyl/N-ethyl adjacent to an activating group) is 1. The van der Waals surface area contributed by atoms with E-state index in [4.69, 9.17) is 15.2 Å². The summed E-state index contributed by atoms with van der Waals surface area (Å²) in [5, 5.41) is 23.5. The van der Waals surface area contributed by atoms with Gasteiger partial charge in [0.15, 0.2) is 6.17 Å². The first-order valence-electron chi connectivity index (χ1n) is 10.8. The van der Waals surface area contributed by atoms with Crippen LogP contribution in [0.15, 0.2) is 52.6 Å². The lowest BCUT2D eigenvalue weighted by molar-refractivity contribution is 0.110. The number of allylic oxidation sites excluding steroid dienone is 3. The molecule has 4 heterocycles. The Kier molecular flexibility index (Phi) is 7.05. The Morgan fingerprint density at radius 3 is 3.03 bits per heavy atom. The number of aliphatic hydroxyl groups excluding tert-OH is 1. The van der Waals surface area contributed by atoms with E-state index < -0.39 is 6.10 Å². The number of hydrogen-bond donors (Lipinski definition) is 2. The van der Waals surface area contributed by atoms with E-state index in [1.807, 2.05) is 35.7 Å². The molecule has 0 spiro atoms. The predicted molar refractivity (Wildman–Crippen MR) is 127 cm³/mol. The fraction of sp³-hybridized carbons (Fsp3) is 0.435. The third kappa shape index (κ3) is 5.27. The quantitative estimate of drug-likeness (QED) is 0.577. The molecule has 2 N–H and O–H groups in total. The molecule has 8 nitrogen and oxygen atoms in total. The van der Waals surface area contributed by atoms with Gasteiger partial charge in [0.2, 0.25) is 0 Å². The van der Waals surface area contributed by atoms with Crippen molar-refractivity contribution >= 4 is 17.2 Å². The van der Waals surface area contributed by atoms with Crippen LogP contribution < -0.4 is 5.43 Å². The molecule has 2 aromatic heterocycles. The second-order valence-corrected chi connectivity index (χ2v) is 9.11. The number of imidazole rings is 1. The van der Waals surface area contributed by atoms with Crippen molar-refractivity contribution in [3.63, 3.8) is 0 Å². The van der Waals surface area contributed by atoms with Crippen LogP contribution in [0.5, 0.6) is 0 Å². The number of aromatic nitrogens is 2. The number of aryl methyl sites for hydroxylation is 1. The molecular formula is C23H29N7OS. The first kappa shape index (κ1) is 22.3. The van der Waals surface area contributed by atoms with Gasteiger partial charge in [-0.2, -0.15) is 5.26 Å². The van der Waals surface area contributed by atoms with Gasteiger partial charge in [0, 0.05) is 44.2 Å². The van der Waals surface area contributed by atoms with Gasteiger partial charge in [0.1, 0.15) is 11.7 Å². The highest BCUT2D eigenvalue weighted by Crippen LogP contribution is 2.25. The van der Waals surface area contributed by atoms with Crippen molar-refractivity contribution in [1.29, 1.82) is 5.26 Å². The smallest absolute Gasteiger partial charge is 0.160 e. The molecule has 9 heteroatoms. The lowest BCUT2D eigenvalue weighted by Crippen LogP contribution is -2.39. The highest BCUT2D eigenvalue weighted by atomic mass is 32.1. The Labute approximate surface area is 192 Å². The first-order valence-corrected chi connectivity index (χ1v) is 11.7. The molecule has 0 fully saturated rings. The first-order chi connectivity index (χ1) is 15.5. The number of nitrogens with zero attached hydrogens (tertiary/aromatic N) is 6. The Bertz CT molecular complexity index is 1050. The van der Waals surface area contributed by atoms with Gasteiger partial charge in [-0.05, 0) is 37.6 Å². The van der Waals surface area contributed by atoms with Crippen LogP contribution in [0, 0.1) is 11.3 Å². The summed E-state index contributed by atoms with van der Waals surface area (Å²) in [4.78, 5) is 12.8. The molecule has 0 aliphatic carbocycles. The maximum atomic E-state index is 10.7. The molecule has 0 radical (unpaired) electrons. The van der Waals surface area contributed by atoms with Crippen LogP contribution in [0.3, 0.4) is 0 Å². The minimum atomic E-state index is -0.545. The van der Waals surface area contributed by atoms with Crippen LogP contribution in [0.25, 0.3) is 10.6 Å². The Morgan fingerprint density at radius 2 is 2.28 bits per heavy atom. The fourth-order valence-electron chi connectivity index (χ4n) is 3.93. The number of rotatable bonds is 10. The van der Waals surface area contributed by atoms with Gasteiger partial charge in [-0.15, -0.1) is 11.3 Å². The zero-order valence-corrected chi connectivity index (χ0v) is 19.3. The Balaban J connectivity index is 1.44. The Hall–Kier alpha value is -2.93. The van der Waals surface area contributed by atoms with Crippen molar-refractivity contribution in [2.24, 2.45) is 4.99 Å². The maximum Gasteiger partial charge on any atom is 0.160 e. The summed E-state index contributed by atoms with van der Waals surface area (Å²) in [5.74, 6) is 1.88. The molecular weight excluding hydrogens is 422 g/mol. The van der Waals surface area contributed by atoms with Crippen molar-refractivity contribution < 1.29 is 5.11 Å². The predicted octanol–water partition coefficient (Wildman–Crippen LogP) is 2.77. The number of nitriles is 1. The van der Waals surface area contributed by atoms with Crippen LogP contribution in [0.4, 0.5) is 0 Å². The van der Waals surface area contributed by atoms with Crippen molar-refractivity contribution in [3.05, 3.63) is 53.5 Å². The van der Waals surface area contributed by atoms with Crippen LogP contribution in [0.1, 0.15) is 25.6 Å². The molecule has 4 rings (SSSR count). The monoisotopic (exact) mass is 451 g/mol. The number of hydrazine groups is 1. The molecule has 2 aromatic rings. The van der Waals surface area contributed by atoms with Gasteiger partial charge in [-0.1, -0.05) is 12.1 Å². The third-order valence-electron chi connectivity index (χ3n) is 5.56. The lowest BCUT2D eigenvalue weighted by Gasteiger charge is -2.26.